The third-order valence-corrected chi connectivity index (χ3v) is 1.64. The molecular formula is C8H10BrN3. The highest BCUT2D eigenvalue weighted by atomic mass is 79.9. The van der Waals surface area contributed by atoms with Crippen LogP contribution in [0.15, 0.2) is 17.0 Å². The Hall–Kier alpha value is -0.640. The van der Waals surface area contributed by atoms with E-state index in [1.807, 2.05) is 0 Å². The van der Waals surface area contributed by atoms with Crippen molar-refractivity contribution in [3.8, 4) is 0 Å². The first-order valence-corrected chi connectivity index (χ1v) is 3.94. The summed E-state index contributed by atoms with van der Waals surface area (Å²) < 4.78 is 62.2. The van der Waals surface area contributed by atoms with Crippen molar-refractivity contribution < 1.29 is 11.0 Å². The fourth-order valence-corrected chi connectivity index (χ4v) is 0.936. The molecule has 12 heavy (non-hydrogen) atoms. The van der Waals surface area contributed by atoms with Gasteiger partial charge in [-0.15, -0.1) is 0 Å². The zero-order valence-corrected chi connectivity index (χ0v) is 7.46. The zero-order valence-electron chi connectivity index (χ0n) is 13.9. The lowest BCUT2D eigenvalue weighted by atomic mass is 10.4. The van der Waals surface area contributed by atoms with Gasteiger partial charge in [0.25, 0.3) is 0 Å². The molecule has 3 nitrogen and oxygen atoms in total. The Bertz CT molecular complexity index is 505. The highest BCUT2D eigenvalue weighted by Gasteiger charge is 2.12. The average Bonchev–Trinajstić information content (AvgIpc) is 2.36. The molecule has 1 fully saturated rings. The van der Waals surface area contributed by atoms with Crippen molar-refractivity contribution in [3.63, 3.8) is 0 Å². The second-order valence-corrected chi connectivity index (χ2v) is 2.82. The SMILES string of the molecule is [2H]C1([2H])N(c2cnc(Br)cn2)C([2H])([2H])C([2H])([2H])C1([2H])[2H]. The Morgan fingerprint density at radius 1 is 1.33 bits per heavy atom. The summed E-state index contributed by atoms with van der Waals surface area (Å²) >= 11 is 3.03. The van der Waals surface area contributed by atoms with Crippen LogP contribution >= 0.6 is 15.9 Å². The van der Waals surface area contributed by atoms with Crippen molar-refractivity contribution in [3.05, 3.63) is 17.0 Å². The summed E-state index contributed by atoms with van der Waals surface area (Å²) in [5, 5.41) is 0. The van der Waals surface area contributed by atoms with E-state index in [2.05, 4.69) is 25.9 Å². The predicted molar refractivity (Wildman–Crippen MR) is 51.2 cm³/mol. The smallest absolute Gasteiger partial charge is 0.147 e. The number of halogens is 1. The van der Waals surface area contributed by atoms with Crippen molar-refractivity contribution in [1.29, 1.82) is 0 Å². The maximum absolute atomic E-state index is 7.81. The van der Waals surface area contributed by atoms with Gasteiger partial charge in [-0.3, -0.25) is 0 Å². The monoisotopic (exact) mass is 235 g/mol. The van der Waals surface area contributed by atoms with Gasteiger partial charge in [0, 0.05) is 24.0 Å². The first-order chi connectivity index (χ1) is 8.87. The Morgan fingerprint density at radius 2 is 2.08 bits per heavy atom. The minimum absolute atomic E-state index is 0.284. The van der Waals surface area contributed by atoms with Gasteiger partial charge in [0.15, 0.2) is 0 Å². The van der Waals surface area contributed by atoms with Gasteiger partial charge in [-0.2, -0.15) is 0 Å². The van der Waals surface area contributed by atoms with Crippen LogP contribution in [-0.2, 0) is 0 Å². The Balaban J connectivity index is 2.66. The Labute approximate surface area is 91.2 Å². The maximum Gasteiger partial charge on any atom is 0.147 e. The van der Waals surface area contributed by atoms with Crippen molar-refractivity contribution in [2.45, 2.75) is 12.7 Å². The summed E-state index contributed by atoms with van der Waals surface area (Å²) in [5.41, 5.74) is 0. The normalized spacial score (nSPS) is 43.6. The fraction of sp³-hybridized carbons (Fsp3) is 0.500. The van der Waals surface area contributed by atoms with E-state index in [1.54, 1.807) is 0 Å². The van der Waals surface area contributed by atoms with Gasteiger partial charge in [0.2, 0.25) is 0 Å². The number of aromatic nitrogens is 2. The van der Waals surface area contributed by atoms with Crippen LogP contribution < -0.4 is 4.90 Å². The molecule has 0 amide bonds. The van der Waals surface area contributed by atoms with Crippen LogP contribution in [0, 0.1) is 0 Å². The van der Waals surface area contributed by atoms with E-state index in [1.165, 1.54) is 6.20 Å². The third-order valence-electron chi connectivity index (χ3n) is 1.23. The van der Waals surface area contributed by atoms with Crippen LogP contribution in [0.1, 0.15) is 23.7 Å². The molecule has 0 N–H and O–H groups in total. The second-order valence-electron chi connectivity index (χ2n) is 2.01. The molecule has 0 bridgehead atoms. The van der Waals surface area contributed by atoms with Gasteiger partial charge in [0.05, 0.1) is 12.4 Å². The molecule has 1 aliphatic heterocycles. The van der Waals surface area contributed by atoms with E-state index < -0.39 is 25.7 Å². The second kappa shape index (κ2) is 3.39. The highest BCUT2D eigenvalue weighted by Crippen LogP contribution is 2.16. The average molecular weight is 236 g/mol. The topological polar surface area (TPSA) is 29.0 Å². The van der Waals surface area contributed by atoms with Crippen molar-refractivity contribution in [1.82, 2.24) is 9.97 Å². The van der Waals surface area contributed by atoms with Gasteiger partial charge in [0.1, 0.15) is 10.4 Å². The quantitative estimate of drug-likeness (QED) is 0.745. The lowest BCUT2D eigenvalue weighted by Crippen LogP contribution is -2.18. The predicted octanol–water partition coefficient (Wildman–Crippen LogP) is 1.84. The number of hydrogen-bond donors (Lipinski definition) is 0. The van der Waals surface area contributed by atoms with Gasteiger partial charge < -0.3 is 4.90 Å². The summed E-state index contributed by atoms with van der Waals surface area (Å²) in [6.07, 6.45) is -3.89. The molecule has 0 spiro atoms. The van der Waals surface area contributed by atoms with E-state index >= 15 is 0 Å². The lowest BCUT2D eigenvalue weighted by Gasteiger charge is -2.14. The van der Waals surface area contributed by atoms with E-state index in [-0.39, 0.29) is 5.82 Å². The van der Waals surface area contributed by atoms with Gasteiger partial charge >= 0.3 is 0 Å². The summed E-state index contributed by atoms with van der Waals surface area (Å²) in [6, 6.07) is 0. The molecule has 0 unspecified atom stereocenters. The van der Waals surface area contributed by atoms with E-state index in [0.717, 1.165) is 6.20 Å². The molecule has 0 aliphatic carbocycles. The molecular weight excluding hydrogens is 218 g/mol. The molecule has 1 aromatic rings. The summed E-state index contributed by atoms with van der Waals surface area (Å²) in [4.78, 5) is 7.93. The first-order valence-electron chi connectivity index (χ1n) is 7.15. The summed E-state index contributed by atoms with van der Waals surface area (Å²) in [5.74, 6) is -0.284. The van der Waals surface area contributed by atoms with E-state index in [9.17, 15) is 0 Å². The van der Waals surface area contributed by atoms with Gasteiger partial charge in [-0.1, -0.05) is 0 Å². The van der Waals surface area contributed by atoms with Crippen LogP contribution in [0.2, 0.25) is 0 Å². The molecule has 0 aromatic carbocycles. The molecule has 1 aliphatic rings. The Morgan fingerprint density at radius 3 is 2.67 bits per heavy atom. The summed E-state index contributed by atoms with van der Waals surface area (Å²) in [6.45, 7) is -5.86. The first kappa shape index (κ1) is 2.94. The van der Waals surface area contributed by atoms with Crippen LogP contribution in [0.4, 0.5) is 5.82 Å². The van der Waals surface area contributed by atoms with E-state index in [0.29, 0.717) is 9.50 Å². The van der Waals surface area contributed by atoms with Crippen molar-refractivity contribution in [2.24, 2.45) is 0 Å². The molecule has 2 rings (SSSR count). The number of rotatable bonds is 1. The lowest BCUT2D eigenvalue weighted by molar-refractivity contribution is 0.923. The number of hydrogen-bond acceptors (Lipinski definition) is 3. The Kier molecular flexibility index (Phi) is 0.831. The van der Waals surface area contributed by atoms with Crippen molar-refractivity contribution >= 4 is 21.7 Å². The van der Waals surface area contributed by atoms with Gasteiger partial charge in [-0.05, 0) is 28.7 Å². The molecule has 0 radical (unpaired) electrons. The highest BCUT2D eigenvalue weighted by molar-refractivity contribution is 9.10. The van der Waals surface area contributed by atoms with Crippen LogP contribution in [0.3, 0.4) is 0 Å². The maximum atomic E-state index is 7.81. The van der Waals surface area contributed by atoms with Crippen molar-refractivity contribution in [2.75, 3.05) is 17.9 Å². The van der Waals surface area contributed by atoms with Crippen LogP contribution in [-0.4, -0.2) is 23.0 Å². The van der Waals surface area contributed by atoms with Crippen LogP contribution in [0.25, 0.3) is 0 Å². The fourth-order valence-electron chi connectivity index (χ4n) is 0.731. The van der Waals surface area contributed by atoms with Crippen LogP contribution in [0.5, 0.6) is 0 Å². The minimum Gasteiger partial charge on any atom is -0.355 e. The summed E-state index contributed by atoms with van der Waals surface area (Å²) in [7, 11) is 0. The molecule has 0 saturated carbocycles. The third kappa shape index (κ3) is 1.58. The molecule has 2 heterocycles. The zero-order chi connectivity index (χ0) is 15.6. The molecule has 64 valence electrons. The number of anilines is 1. The molecule has 4 heteroatoms. The van der Waals surface area contributed by atoms with Gasteiger partial charge in [-0.25, -0.2) is 9.97 Å². The number of nitrogens with zero attached hydrogens (tertiary/aromatic N) is 3. The largest absolute Gasteiger partial charge is 0.355 e. The molecule has 1 saturated heterocycles. The standard InChI is InChI=1S/C8H10BrN3/c9-7-5-11-8(6-10-7)12-3-1-2-4-12/h5-6H,1-4H2/i1D2,2D2,3D2,4D2. The molecule has 0 atom stereocenters. The minimum atomic E-state index is -3.07. The molecule has 1 aromatic heterocycles. The van der Waals surface area contributed by atoms with E-state index in [4.69, 9.17) is 11.0 Å².